The van der Waals surface area contributed by atoms with Crippen LogP contribution in [-0.4, -0.2) is 122 Å². The highest BCUT2D eigenvalue weighted by Crippen LogP contribution is 2.52. The van der Waals surface area contributed by atoms with E-state index in [1.165, 1.54) is 77.0 Å². The molecule has 4 saturated heterocycles. The normalized spacial score (nSPS) is 27.8. The highest BCUT2D eigenvalue weighted by atomic mass is 32.2. The molecule has 7 rings (SSSR count). The van der Waals surface area contributed by atoms with Crippen molar-refractivity contribution in [1.29, 1.82) is 0 Å². The standard InChI is InChI=1S/C37H42N6O11S/c1-20-31-30(21(2)44)35(46)41(31)32(36(47)53-18-22-4-8-26(9-5-22)42(49)50)33(20)55-28-12-29(34(45)39-15-24-13-38(3)14-25(24)16-39)40(17-28)37(48)54-19-23-6-10-27(11-7-23)43(51)52/h4-11,20-21,24-25,28-31,44H,12-19H2,1-3H3/t20-,21-,24?,25?,28+,29+,30-,31-/m1/s1. The van der Waals surface area contributed by atoms with Crippen LogP contribution in [0.3, 0.4) is 0 Å². The van der Waals surface area contributed by atoms with Gasteiger partial charge in [-0.3, -0.25) is 34.7 Å². The molecule has 17 nitrogen and oxygen atoms in total. The lowest BCUT2D eigenvalue weighted by Crippen LogP contribution is -2.63. The molecule has 2 unspecified atom stereocenters. The van der Waals surface area contributed by atoms with Gasteiger partial charge in [-0.05, 0) is 67.6 Å². The number of likely N-dealkylation sites (tertiary alicyclic amines) is 3. The molecule has 2 aromatic rings. The number of benzene rings is 2. The number of aliphatic hydroxyl groups is 1. The summed E-state index contributed by atoms with van der Waals surface area (Å²) < 4.78 is 11.3. The van der Waals surface area contributed by atoms with E-state index < -0.39 is 51.9 Å². The van der Waals surface area contributed by atoms with Crippen molar-refractivity contribution in [3.63, 3.8) is 0 Å². The van der Waals surface area contributed by atoms with Crippen LogP contribution in [-0.2, 0) is 37.1 Å². The van der Waals surface area contributed by atoms with E-state index in [9.17, 15) is 44.5 Å². The van der Waals surface area contributed by atoms with Crippen molar-refractivity contribution in [3.8, 4) is 0 Å². The van der Waals surface area contributed by atoms with Crippen molar-refractivity contribution in [1.82, 2.24) is 19.6 Å². The second-order valence-corrected chi connectivity index (χ2v) is 16.4. The molecule has 0 saturated carbocycles. The molecule has 5 heterocycles. The minimum atomic E-state index is -0.966. The molecule has 1 N–H and O–H groups in total. The fraction of sp³-hybridized carbons (Fsp3) is 0.514. The monoisotopic (exact) mass is 778 g/mol. The van der Waals surface area contributed by atoms with Crippen LogP contribution in [0.5, 0.6) is 0 Å². The summed E-state index contributed by atoms with van der Waals surface area (Å²) in [4.78, 5) is 83.7. The number of nitro benzene ring substituents is 2. The second kappa shape index (κ2) is 15.2. The molecule has 18 heteroatoms. The smallest absolute Gasteiger partial charge is 0.410 e. The molecule has 0 bridgehead atoms. The number of ether oxygens (including phenoxy) is 2. The van der Waals surface area contributed by atoms with Crippen LogP contribution in [0.1, 0.15) is 31.4 Å². The van der Waals surface area contributed by atoms with E-state index in [-0.39, 0.29) is 60.3 Å². The van der Waals surface area contributed by atoms with Gasteiger partial charge in [-0.1, -0.05) is 6.92 Å². The number of hydrogen-bond acceptors (Lipinski definition) is 13. The second-order valence-electron chi connectivity index (χ2n) is 15.1. The van der Waals surface area contributed by atoms with Crippen LogP contribution in [0.4, 0.5) is 16.2 Å². The van der Waals surface area contributed by atoms with Gasteiger partial charge in [0.2, 0.25) is 11.8 Å². The fourth-order valence-electron chi connectivity index (χ4n) is 8.66. The summed E-state index contributed by atoms with van der Waals surface area (Å²) >= 11 is 1.31. The van der Waals surface area contributed by atoms with Crippen LogP contribution in [0.2, 0.25) is 0 Å². The van der Waals surface area contributed by atoms with Gasteiger partial charge in [-0.2, -0.15) is 0 Å². The average Bonchev–Trinajstić information content (AvgIpc) is 3.90. The van der Waals surface area contributed by atoms with Crippen molar-refractivity contribution < 1.29 is 43.6 Å². The predicted molar refractivity (Wildman–Crippen MR) is 196 cm³/mol. The van der Waals surface area contributed by atoms with Crippen LogP contribution in [0.25, 0.3) is 0 Å². The number of nitro groups is 2. The first kappa shape index (κ1) is 38.2. The molecule has 0 spiro atoms. The Balaban J connectivity index is 1.12. The largest absolute Gasteiger partial charge is 0.456 e. The van der Waals surface area contributed by atoms with E-state index in [0.29, 0.717) is 41.0 Å². The van der Waals surface area contributed by atoms with Gasteiger partial charge in [0, 0.05) is 73.1 Å². The van der Waals surface area contributed by atoms with E-state index in [1.807, 2.05) is 11.8 Å². The Kier molecular flexibility index (Phi) is 10.6. The Morgan fingerprint density at radius 1 is 0.891 bits per heavy atom. The Labute approximate surface area is 320 Å². The van der Waals surface area contributed by atoms with E-state index in [0.717, 1.165) is 13.1 Å². The van der Waals surface area contributed by atoms with Gasteiger partial charge in [-0.15, -0.1) is 11.8 Å². The molecule has 0 aromatic heterocycles. The Morgan fingerprint density at radius 2 is 1.44 bits per heavy atom. The lowest BCUT2D eigenvalue weighted by atomic mass is 9.79. The molecule has 8 atom stereocenters. The number of thioether (sulfide) groups is 1. The van der Waals surface area contributed by atoms with Crippen molar-refractivity contribution in [3.05, 3.63) is 90.5 Å². The van der Waals surface area contributed by atoms with Gasteiger partial charge in [-0.25, -0.2) is 9.59 Å². The van der Waals surface area contributed by atoms with Crippen molar-refractivity contribution in [2.24, 2.45) is 23.7 Å². The van der Waals surface area contributed by atoms with Gasteiger partial charge >= 0.3 is 12.1 Å². The third kappa shape index (κ3) is 7.37. The maximum Gasteiger partial charge on any atom is 0.410 e. The summed E-state index contributed by atoms with van der Waals surface area (Å²) in [6.07, 6.45) is -1.43. The Bertz CT molecular complexity index is 1910. The minimum absolute atomic E-state index is 0.0462. The molecule has 5 aliphatic rings. The zero-order valence-corrected chi connectivity index (χ0v) is 31.3. The van der Waals surface area contributed by atoms with Gasteiger partial charge < -0.3 is 29.3 Å². The highest BCUT2D eigenvalue weighted by Gasteiger charge is 2.61. The minimum Gasteiger partial charge on any atom is -0.456 e. The van der Waals surface area contributed by atoms with Gasteiger partial charge in [0.25, 0.3) is 11.4 Å². The number of esters is 1. The molecular weight excluding hydrogens is 737 g/mol. The molecule has 292 valence electrons. The van der Waals surface area contributed by atoms with Crippen molar-refractivity contribution in [2.45, 2.75) is 56.9 Å². The number of aliphatic hydroxyl groups excluding tert-OH is 1. The van der Waals surface area contributed by atoms with Crippen molar-refractivity contribution >= 4 is 47.0 Å². The number of carbonyl (C=O) groups excluding carboxylic acids is 4. The van der Waals surface area contributed by atoms with Crippen LogP contribution in [0.15, 0.2) is 59.1 Å². The number of nitrogens with zero attached hydrogens (tertiary/aromatic N) is 6. The summed E-state index contributed by atoms with van der Waals surface area (Å²) in [6, 6.07) is 9.85. The fourth-order valence-corrected chi connectivity index (χ4v) is 10.2. The van der Waals surface area contributed by atoms with Crippen molar-refractivity contribution in [2.75, 3.05) is 39.8 Å². The summed E-state index contributed by atoms with van der Waals surface area (Å²) in [5, 5.41) is 32.3. The van der Waals surface area contributed by atoms with E-state index in [1.54, 1.807) is 0 Å². The van der Waals surface area contributed by atoms with Gasteiger partial charge in [0.05, 0.1) is 27.9 Å². The molecule has 3 amide bonds. The number of β-lactam (4-membered cyclic amide) rings is 1. The number of rotatable bonds is 11. The molecule has 5 aliphatic heterocycles. The Hall–Kier alpha value is -5.07. The number of hydrogen-bond donors (Lipinski definition) is 1. The number of carbonyl (C=O) groups is 4. The molecular formula is C37H42N6O11S. The highest BCUT2D eigenvalue weighted by molar-refractivity contribution is 8.03. The van der Waals surface area contributed by atoms with Gasteiger partial charge in [0.15, 0.2) is 0 Å². The zero-order chi connectivity index (χ0) is 39.3. The summed E-state index contributed by atoms with van der Waals surface area (Å²) in [5.74, 6) is -1.79. The van der Waals surface area contributed by atoms with E-state index in [4.69, 9.17) is 9.47 Å². The average molecular weight is 779 g/mol. The van der Waals surface area contributed by atoms with Crippen LogP contribution < -0.4 is 0 Å². The molecule has 4 fully saturated rings. The maximum absolute atomic E-state index is 14.2. The molecule has 0 radical (unpaired) electrons. The summed E-state index contributed by atoms with van der Waals surface area (Å²) in [7, 11) is 2.06. The molecule has 0 aliphatic carbocycles. The van der Waals surface area contributed by atoms with Crippen LogP contribution in [0, 0.1) is 43.9 Å². The van der Waals surface area contributed by atoms with E-state index in [2.05, 4.69) is 11.9 Å². The van der Waals surface area contributed by atoms with E-state index >= 15 is 0 Å². The SMILES string of the molecule is C[C@@H](O)[C@H]1C(=O)N2C(C(=O)OCc3ccc([N+](=O)[O-])cc3)=C(S[C@H]3C[C@@H](C(=O)N4CC5CN(C)CC5C4)N(C(=O)OCc4ccc([N+](=O)[O-])cc4)C3)[C@H](C)[C@H]12. The summed E-state index contributed by atoms with van der Waals surface area (Å²) in [5.41, 5.74) is 0.873. The van der Waals surface area contributed by atoms with Gasteiger partial charge in [0.1, 0.15) is 25.0 Å². The first-order valence-corrected chi connectivity index (χ1v) is 19.1. The predicted octanol–water partition coefficient (Wildman–Crippen LogP) is 3.15. The topological polar surface area (TPSA) is 206 Å². The third-order valence-corrected chi connectivity index (χ3v) is 12.9. The molecule has 2 aromatic carbocycles. The third-order valence-electron chi connectivity index (χ3n) is 11.4. The maximum atomic E-state index is 14.2. The number of amides is 3. The quantitative estimate of drug-likeness (QED) is 0.151. The first-order chi connectivity index (χ1) is 26.2. The van der Waals surface area contributed by atoms with Crippen LogP contribution >= 0.6 is 11.8 Å². The Morgan fingerprint density at radius 3 is 1.96 bits per heavy atom. The first-order valence-electron chi connectivity index (χ1n) is 18.2. The summed E-state index contributed by atoms with van der Waals surface area (Å²) in [6.45, 7) is 6.06. The zero-order valence-electron chi connectivity index (χ0n) is 30.5. The lowest BCUT2D eigenvalue weighted by Gasteiger charge is -2.46. The number of fused-ring (bicyclic) bond motifs is 2. The molecule has 55 heavy (non-hydrogen) atoms. The number of non-ortho nitro benzene ring substituents is 2. The lowest BCUT2D eigenvalue weighted by molar-refractivity contribution is -0.385.